The minimum atomic E-state index is -0.108. The van der Waals surface area contributed by atoms with E-state index in [1.54, 1.807) is 36.4 Å². The molecule has 4 aromatic rings. The van der Waals surface area contributed by atoms with E-state index in [4.69, 9.17) is 18.9 Å². The van der Waals surface area contributed by atoms with Gasteiger partial charge in [-0.3, -0.25) is 9.59 Å². The Morgan fingerprint density at radius 2 is 1.02 bits per heavy atom. The Morgan fingerprint density at radius 3 is 1.42 bits per heavy atom. The van der Waals surface area contributed by atoms with Crippen molar-refractivity contribution in [1.82, 2.24) is 0 Å². The molecule has 0 aliphatic carbocycles. The van der Waals surface area contributed by atoms with E-state index in [1.807, 2.05) is 72.8 Å². The average Bonchev–Trinajstić information content (AvgIpc) is 3.51. The molecule has 0 amide bonds. The average molecular weight is 573 g/mol. The number of allylic oxidation sites excluding steroid dienone is 2. The largest absolute Gasteiger partial charge is 0.493 e. The molecule has 0 unspecified atom stereocenters. The van der Waals surface area contributed by atoms with E-state index in [-0.39, 0.29) is 17.5 Å². The van der Waals surface area contributed by atoms with Crippen LogP contribution in [0.1, 0.15) is 52.1 Å². The second-order valence-electron chi connectivity index (χ2n) is 11.1. The predicted molar refractivity (Wildman–Crippen MR) is 166 cm³/mol. The van der Waals surface area contributed by atoms with E-state index >= 15 is 0 Å². The molecular formula is C37H32O6. The molecule has 2 aliphatic heterocycles. The number of Topliss-reactive ketones (excluding diaryl/α,β-unsaturated/α-hetero) is 2. The third-order valence-electron chi connectivity index (χ3n) is 7.28. The summed E-state index contributed by atoms with van der Waals surface area (Å²) in [7, 11) is 0. The van der Waals surface area contributed by atoms with Crippen molar-refractivity contribution < 1.29 is 28.5 Å². The maximum Gasteiger partial charge on any atom is 0.231 e. The van der Waals surface area contributed by atoms with E-state index < -0.39 is 0 Å². The summed E-state index contributed by atoms with van der Waals surface area (Å²) < 4.78 is 23.7. The molecule has 43 heavy (non-hydrogen) atoms. The molecule has 6 heteroatoms. The number of carbonyl (C=O) groups is 2. The fraction of sp³-hybridized carbons (Fsp3) is 0.189. The fourth-order valence-corrected chi connectivity index (χ4v) is 5.17. The Morgan fingerprint density at radius 1 is 0.605 bits per heavy atom. The first-order valence-corrected chi connectivity index (χ1v) is 14.5. The zero-order chi connectivity index (χ0) is 29.8. The molecule has 216 valence electrons. The van der Waals surface area contributed by atoms with Gasteiger partial charge in [0.2, 0.25) is 11.6 Å². The zero-order valence-electron chi connectivity index (χ0n) is 24.1. The van der Waals surface area contributed by atoms with Gasteiger partial charge in [0.1, 0.15) is 23.0 Å². The van der Waals surface area contributed by atoms with Gasteiger partial charge in [-0.25, -0.2) is 0 Å². The monoisotopic (exact) mass is 572 g/mol. The summed E-state index contributed by atoms with van der Waals surface area (Å²) >= 11 is 0. The highest BCUT2D eigenvalue weighted by Gasteiger charge is 2.27. The molecular weight excluding hydrogens is 540 g/mol. The lowest BCUT2D eigenvalue weighted by Crippen LogP contribution is -2.21. The molecule has 0 saturated carbocycles. The van der Waals surface area contributed by atoms with Crippen molar-refractivity contribution >= 4 is 23.7 Å². The van der Waals surface area contributed by atoms with Crippen LogP contribution in [0.25, 0.3) is 12.2 Å². The highest BCUT2D eigenvalue weighted by atomic mass is 16.5. The van der Waals surface area contributed by atoms with Gasteiger partial charge in [-0.15, -0.1) is 0 Å². The molecule has 0 fully saturated rings. The van der Waals surface area contributed by atoms with E-state index in [2.05, 4.69) is 13.8 Å². The summed E-state index contributed by atoms with van der Waals surface area (Å²) in [6, 6.07) is 29.7. The van der Waals surface area contributed by atoms with Crippen molar-refractivity contribution in [3.05, 3.63) is 131 Å². The van der Waals surface area contributed by atoms with Crippen LogP contribution in [0.2, 0.25) is 0 Å². The Kier molecular flexibility index (Phi) is 8.09. The van der Waals surface area contributed by atoms with E-state index in [9.17, 15) is 9.59 Å². The van der Waals surface area contributed by atoms with E-state index in [0.29, 0.717) is 53.3 Å². The first-order chi connectivity index (χ1) is 20.9. The van der Waals surface area contributed by atoms with Gasteiger partial charge in [0, 0.05) is 5.92 Å². The highest BCUT2D eigenvalue weighted by Crippen LogP contribution is 2.33. The number of fused-ring (bicyclic) bond motifs is 2. The number of para-hydroxylation sites is 2. The number of hydrogen-bond acceptors (Lipinski definition) is 6. The second kappa shape index (κ2) is 12.4. The first-order valence-electron chi connectivity index (χ1n) is 14.5. The molecule has 0 spiro atoms. The van der Waals surface area contributed by atoms with E-state index in [0.717, 1.165) is 29.0 Å². The molecule has 0 aromatic heterocycles. The van der Waals surface area contributed by atoms with Crippen LogP contribution in [0.5, 0.6) is 23.0 Å². The lowest BCUT2D eigenvalue weighted by Gasteiger charge is -2.20. The number of rotatable bonds is 10. The Balaban J connectivity index is 1.03. The van der Waals surface area contributed by atoms with Crippen molar-refractivity contribution in [2.75, 3.05) is 13.2 Å². The SMILES string of the molecule is CC(C)CC(COc1ccc(/C=C2\Oc3ccccc3C2=O)cc1)COc1ccc(/C=C2\Oc3ccccc3C2=O)cc1. The molecule has 4 aromatic carbocycles. The van der Waals surface area contributed by atoms with Gasteiger partial charge in [-0.05, 0) is 84.1 Å². The first kappa shape index (κ1) is 28.0. The summed E-state index contributed by atoms with van der Waals surface area (Å²) in [4.78, 5) is 25.2. The van der Waals surface area contributed by atoms with Crippen molar-refractivity contribution in [2.24, 2.45) is 11.8 Å². The van der Waals surface area contributed by atoms with Crippen LogP contribution >= 0.6 is 0 Å². The number of carbonyl (C=O) groups excluding carboxylic acids is 2. The number of ketones is 2. The Bertz CT molecular complexity index is 1570. The topological polar surface area (TPSA) is 71.1 Å². The second-order valence-corrected chi connectivity index (χ2v) is 11.1. The summed E-state index contributed by atoms with van der Waals surface area (Å²) in [5, 5.41) is 0. The summed E-state index contributed by atoms with van der Waals surface area (Å²) in [5.41, 5.74) is 2.89. The van der Waals surface area contributed by atoms with Gasteiger partial charge < -0.3 is 18.9 Å². The molecule has 0 radical (unpaired) electrons. The van der Waals surface area contributed by atoms with Crippen molar-refractivity contribution in [3.8, 4) is 23.0 Å². The van der Waals surface area contributed by atoms with Gasteiger partial charge in [0.05, 0.1) is 24.3 Å². The van der Waals surface area contributed by atoms with Gasteiger partial charge in [0.25, 0.3) is 0 Å². The number of ether oxygens (including phenoxy) is 4. The highest BCUT2D eigenvalue weighted by molar-refractivity contribution is 6.15. The quantitative estimate of drug-likeness (QED) is 0.179. The third-order valence-corrected chi connectivity index (χ3v) is 7.28. The Labute approximate surface area is 251 Å². The van der Waals surface area contributed by atoms with Crippen molar-refractivity contribution in [3.63, 3.8) is 0 Å². The predicted octanol–water partition coefficient (Wildman–Crippen LogP) is 8.04. The normalized spacial score (nSPS) is 15.5. The maximum atomic E-state index is 12.6. The van der Waals surface area contributed by atoms with Crippen LogP contribution < -0.4 is 18.9 Å². The number of benzene rings is 4. The van der Waals surface area contributed by atoms with Gasteiger partial charge in [-0.1, -0.05) is 62.4 Å². The minimum absolute atomic E-state index is 0.108. The van der Waals surface area contributed by atoms with Gasteiger partial charge in [0.15, 0.2) is 11.5 Å². The molecule has 2 aliphatic rings. The van der Waals surface area contributed by atoms with E-state index in [1.165, 1.54) is 0 Å². The summed E-state index contributed by atoms with van der Waals surface area (Å²) in [6.45, 7) is 5.40. The van der Waals surface area contributed by atoms with Crippen LogP contribution in [0.3, 0.4) is 0 Å². The minimum Gasteiger partial charge on any atom is -0.493 e. The zero-order valence-corrected chi connectivity index (χ0v) is 24.1. The smallest absolute Gasteiger partial charge is 0.231 e. The molecule has 6 rings (SSSR count). The van der Waals surface area contributed by atoms with Crippen molar-refractivity contribution in [1.29, 1.82) is 0 Å². The van der Waals surface area contributed by atoms with Gasteiger partial charge in [-0.2, -0.15) is 0 Å². The van der Waals surface area contributed by atoms with Crippen molar-refractivity contribution in [2.45, 2.75) is 20.3 Å². The van der Waals surface area contributed by atoms with Crippen LogP contribution in [0, 0.1) is 11.8 Å². The fourth-order valence-electron chi connectivity index (χ4n) is 5.17. The molecule has 0 N–H and O–H groups in total. The van der Waals surface area contributed by atoms with Crippen LogP contribution in [-0.2, 0) is 0 Å². The molecule has 0 atom stereocenters. The molecule has 0 saturated heterocycles. The maximum absolute atomic E-state index is 12.6. The lowest BCUT2D eigenvalue weighted by molar-refractivity contribution is 0.101. The molecule has 6 nitrogen and oxygen atoms in total. The van der Waals surface area contributed by atoms with Crippen LogP contribution in [-0.4, -0.2) is 24.8 Å². The van der Waals surface area contributed by atoms with Crippen LogP contribution in [0.15, 0.2) is 109 Å². The molecule has 0 bridgehead atoms. The summed E-state index contributed by atoms with van der Waals surface area (Å²) in [6.07, 6.45) is 4.45. The van der Waals surface area contributed by atoms with Crippen LogP contribution in [0.4, 0.5) is 0 Å². The number of hydrogen-bond donors (Lipinski definition) is 0. The van der Waals surface area contributed by atoms with Gasteiger partial charge >= 0.3 is 0 Å². The molecule has 2 heterocycles. The summed E-state index contributed by atoms with van der Waals surface area (Å²) in [5.74, 6) is 3.78. The standard InChI is InChI=1S/C37H32O6/c1-24(2)19-27(22-40-28-15-11-25(12-16-28)20-34-36(38)30-7-3-5-9-32(30)42-34)23-41-29-17-13-26(14-18-29)21-35-37(39)31-8-4-6-10-33(31)43-35/h3-18,20-21,24,27H,19,22-23H2,1-2H3/b34-20-,35-21-. The third kappa shape index (κ3) is 6.54. The lowest BCUT2D eigenvalue weighted by atomic mass is 9.98. The Hall–Kier alpha value is -5.10.